The number of nitrogens with zero attached hydrogens (tertiary/aromatic N) is 2. The zero-order chi connectivity index (χ0) is 18.9. The van der Waals surface area contributed by atoms with Gasteiger partial charge in [0.05, 0.1) is 13.2 Å². The highest BCUT2D eigenvalue weighted by atomic mass is 32.1. The normalized spacial score (nSPS) is 22.7. The van der Waals surface area contributed by atoms with Gasteiger partial charge in [0.1, 0.15) is 12.6 Å². The first kappa shape index (κ1) is 20.4. The Morgan fingerprint density at radius 2 is 1.92 bits per heavy atom. The van der Waals surface area contributed by atoms with Gasteiger partial charge in [-0.15, -0.1) is 0 Å². The molecule has 0 aromatic heterocycles. The van der Waals surface area contributed by atoms with E-state index in [1.54, 1.807) is 4.90 Å². The number of ether oxygens (including phenoxy) is 2. The van der Waals surface area contributed by atoms with Crippen LogP contribution in [-0.2, 0) is 14.3 Å². The van der Waals surface area contributed by atoms with Crippen LogP contribution in [0.3, 0.4) is 0 Å². The molecule has 0 spiro atoms. The number of amides is 4. The zero-order valence-corrected chi connectivity index (χ0v) is 15.6. The van der Waals surface area contributed by atoms with Crippen LogP contribution >= 0.6 is 12.6 Å². The molecule has 2 N–H and O–H groups in total. The predicted molar refractivity (Wildman–Crippen MR) is 98.2 cm³/mol. The van der Waals surface area contributed by atoms with Crippen molar-refractivity contribution in [2.24, 2.45) is 0 Å². The Morgan fingerprint density at radius 1 is 1.23 bits per heavy atom. The van der Waals surface area contributed by atoms with Gasteiger partial charge in [-0.3, -0.25) is 9.69 Å². The molecule has 2 heterocycles. The SMILES string of the molecule is C=CCOC(=O)N1C[C@@H](S)C[C@H]1C(=O)NCCNC(=O)N1CCOCC1. The summed E-state index contributed by atoms with van der Waals surface area (Å²) in [5.74, 6) is -0.280. The van der Waals surface area contributed by atoms with Crippen LogP contribution < -0.4 is 10.6 Å². The quantitative estimate of drug-likeness (QED) is 0.335. The van der Waals surface area contributed by atoms with Crippen LogP contribution in [0.15, 0.2) is 12.7 Å². The third-order valence-corrected chi connectivity index (χ3v) is 4.51. The second kappa shape index (κ2) is 10.3. The van der Waals surface area contributed by atoms with E-state index in [1.807, 2.05) is 0 Å². The molecule has 2 atom stereocenters. The fourth-order valence-electron chi connectivity index (χ4n) is 2.83. The first-order valence-corrected chi connectivity index (χ1v) is 9.15. The molecular formula is C16H26N4O5S. The molecule has 0 radical (unpaired) electrons. The number of urea groups is 1. The van der Waals surface area contributed by atoms with Crippen molar-refractivity contribution in [1.29, 1.82) is 0 Å². The van der Waals surface area contributed by atoms with Crippen LogP contribution in [0.25, 0.3) is 0 Å². The molecule has 4 amide bonds. The number of likely N-dealkylation sites (tertiary alicyclic amines) is 1. The van der Waals surface area contributed by atoms with Crippen LogP contribution in [0, 0.1) is 0 Å². The van der Waals surface area contributed by atoms with Crippen molar-refractivity contribution >= 4 is 30.7 Å². The van der Waals surface area contributed by atoms with E-state index in [4.69, 9.17) is 9.47 Å². The van der Waals surface area contributed by atoms with Gasteiger partial charge in [0, 0.05) is 38.0 Å². The van der Waals surface area contributed by atoms with Crippen LogP contribution in [0.4, 0.5) is 9.59 Å². The van der Waals surface area contributed by atoms with E-state index in [-0.39, 0.29) is 30.3 Å². The Hall–Kier alpha value is -1.94. The maximum atomic E-state index is 12.4. The van der Waals surface area contributed by atoms with E-state index in [0.29, 0.717) is 45.8 Å². The van der Waals surface area contributed by atoms with Gasteiger partial charge in [-0.1, -0.05) is 12.7 Å². The van der Waals surface area contributed by atoms with Crippen LogP contribution in [0.5, 0.6) is 0 Å². The second-order valence-electron chi connectivity index (χ2n) is 6.05. The molecule has 26 heavy (non-hydrogen) atoms. The largest absolute Gasteiger partial charge is 0.445 e. The number of carbonyl (C=O) groups is 3. The molecule has 0 aromatic carbocycles. The summed E-state index contributed by atoms with van der Waals surface area (Å²) < 4.78 is 10.2. The first-order valence-electron chi connectivity index (χ1n) is 8.63. The lowest BCUT2D eigenvalue weighted by Crippen LogP contribution is -2.49. The molecule has 0 unspecified atom stereocenters. The highest BCUT2D eigenvalue weighted by molar-refractivity contribution is 7.81. The monoisotopic (exact) mass is 386 g/mol. The summed E-state index contributed by atoms with van der Waals surface area (Å²) in [4.78, 5) is 39.4. The maximum Gasteiger partial charge on any atom is 0.410 e. The standard InChI is InChI=1S/C16H26N4O5S/c1-2-7-25-16(23)20-11-12(26)10-13(20)14(21)17-3-4-18-15(22)19-5-8-24-9-6-19/h2,12-13,26H,1,3-11H2,(H,17,21)(H,18,22)/t12-,13-/m0/s1. The fourth-order valence-corrected chi connectivity index (χ4v) is 3.20. The Bertz CT molecular complexity index is 527. The Kier molecular flexibility index (Phi) is 8.05. The molecule has 10 heteroatoms. The minimum Gasteiger partial charge on any atom is -0.445 e. The van der Waals surface area contributed by atoms with Crippen molar-refractivity contribution in [2.75, 3.05) is 52.5 Å². The zero-order valence-electron chi connectivity index (χ0n) is 14.7. The third-order valence-electron chi connectivity index (χ3n) is 4.14. The van der Waals surface area contributed by atoms with E-state index in [0.717, 1.165) is 0 Å². The Balaban J connectivity index is 1.72. The van der Waals surface area contributed by atoms with Crippen LogP contribution in [0.1, 0.15) is 6.42 Å². The van der Waals surface area contributed by atoms with Gasteiger partial charge in [0.2, 0.25) is 5.91 Å². The molecule has 0 aliphatic carbocycles. The molecule has 9 nitrogen and oxygen atoms in total. The highest BCUT2D eigenvalue weighted by Crippen LogP contribution is 2.22. The molecule has 2 saturated heterocycles. The van der Waals surface area contributed by atoms with Crippen molar-refractivity contribution in [3.8, 4) is 0 Å². The number of rotatable bonds is 6. The summed E-state index contributed by atoms with van der Waals surface area (Å²) in [6, 6.07) is -0.793. The third kappa shape index (κ3) is 5.80. The molecule has 0 saturated carbocycles. The van der Waals surface area contributed by atoms with Gasteiger partial charge in [-0.05, 0) is 6.42 Å². The summed E-state index contributed by atoms with van der Waals surface area (Å²) in [7, 11) is 0. The Morgan fingerprint density at radius 3 is 2.62 bits per heavy atom. The second-order valence-corrected chi connectivity index (χ2v) is 6.78. The lowest BCUT2D eigenvalue weighted by atomic mass is 10.2. The van der Waals surface area contributed by atoms with Crippen molar-refractivity contribution in [3.63, 3.8) is 0 Å². The number of hydrogen-bond donors (Lipinski definition) is 3. The van der Waals surface area contributed by atoms with Crippen LogP contribution in [-0.4, -0.2) is 91.7 Å². The van der Waals surface area contributed by atoms with Gasteiger partial charge >= 0.3 is 12.1 Å². The minimum absolute atomic E-state index is 0.0805. The van der Waals surface area contributed by atoms with Gasteiger partial charge in [-0.25, -0.2) is 9.59 Å². The number of hydrogen-bond acceptors (Lipinski definition) is 6. The molecule has 2 rings (SSSR count). The molecule has 0 aromatic rings. The van der Waals surface area contributed by atoms with Gasteiger partial charge < -0.3 is 25.0 Å². The number of nitrogens with one attached hydrogen (secondary N) is 2. The van der Waals surface area contributed by atoms with Crippen molar-refractivity contribution < 1.29 is 23.9 Å². The average molecular weight is 386 g/mol. The van der Waals surface area contributed by atoms with Gasteiger partial charge in [0.15, 0.2) is 0 Å². The van der Waals surface area contributed by atoms with Crippen molar-refractivity contribution in [2.45, 2.75) is 17.7 Å². The fraction of sp³-hybridized carbons (Fsp3) is 0.688. The van der Waals surface area contributed by atoms with Crippen molar-refractivity contribution in [3.05, 3.63) is 12.7 Å². The van der Waals surface area contributed by atoms with Gasteiger partial charge in [-0.2, -0.15) is 12.6 Å². The Labute approximate surface area is 158 Å². The average Bonchev–Trinajstić information content (AvgIpc) is 3.05. The molecule has 0 bridgehead atoms. The number of morpholine rings is 1. The number of thiol groups is 1. The minimum atomic E-state index is -0.621. The lowest BCUT2D eigenvalue weighted by Gasteiger charge is -2.27. The van der Waals surface area contributed by atoms with E-state index < -0.39 is 12.1 Å². The summed E-state index contributed by atoms with van der Waals surface area (Å²) in [6.45, 7) is 6.71. The van der Waals surface area contributed by atoms with E-state index in [9.17, 15) is 14.4 Å². The summed E-state index contributed by atoms with van der Waals surface area (Å²) in [5, 5.41) is 5.42. The maximum absolute atomic E-state index is 12.4. The molecule has 2 aliphatic rings. The van der Waals surface area contributed by atoms with Crippen molar-refractivity contribution in [1.82, 2.24) is 20.4 Å². The first-order chi connectivity index (χ1) is 12.5. The molecule has 2 fully saturated rings. The van der Waals surface area contributed by atoms with Crippen LogP contribution in [0.2, 0.25) is 0 Å². The topological polar surface area (TPSA) is 100 Å². The van der Waals surface area contributed by atoms with Gasteiger partial charge in [0.25, 0.3) is 0 Å². The van der Waals surface area contributed by atoms with E-state index >= 15 is 0 Å². The lowest BCUT2D eigenvalue weighted by molar-refractivity contribution is -0.125. The van der Waals surface area contributed by atoms with E-state index in [2.05, 4.69) is 29.8 Å². The molecular weight excluding hydrogens is 360 g/mol. The summed E-state index contributed by atoms with van der Waals surface area (Å²) in [5.41, 5.74) is 0. The molecule has 146 valence electrons. The smallest absolute Gasteiger partial charge is 0.410 e. The molecule has 2 aliphatic heterocycles. The number of carbonyl (C=O) groups excluding carboxylic acids is 3. The highest BCUT2D eigenvalue weighted by Gasteiger charge is 2.39. The van der Waals surface area contributed by atoms with E-state index in [1.165, 1.54) is 11.0 Å². The predicted octanol–water partition coefficient (Wildman–Crippen LogP) is -0.160. The summed E-state index contributed by atoms with van der Waals surface area (Å²) in [6.07, 6.45) is 1.37. The summed E-state index contributed by atoms with van der Waals surface area (Å²) >= 11 is 4.36.